The highest BCUT2D eigenvalue weighted by Gasteiger charge is 2.35. The van der Waals surface area contributed by atoms with E-state index < -0.39 is 0 Å². The summed E-state index contributed by atoms with van der Waals surface area (Å²) in [6, 6.07) is 10.4. The van der Waals surface area contributed by atoms with Gasteiger partial charge in [-0.25, -0.2) is 0 Å². The fourth-order valence-corrected chi connectivity index (χ4v) is 3.07. The van der Waals surface area contributed by atoms with Crippen LogP contribution in [-0.2, 0) is 9.47 Å². The number of allylic oxidation sites excluding steroid dienone is 1. The van der Waals surface area contributed by atoms with E-state index in [9.17, 15) is 0 Å². The van der Waals surface area contributed by atoms with Crippen molar-refractivity contribution in [3.8, 4) is 0 Å². The lowest BCUT2D eigenvalue weighted by Gasteiger charge is -2.26. The van der Waals surface area contributed by atoms with Gasteiger partial charge in [0.25, 0.3) is 0 Å². The molecule has 3 heteroatoms. The summed E-state index contributed by atoms with van der Waals surface area (Å²) < 4.78 is 11.6. The highest BCUT2D eigenvalue weighted by atomic mass is 32.2. The van der Waals surface area contributed by atoms with Crippen LogP contribution < -0.4 is 0 Å². The molecule has 0 N–H and O–H groups in total. The molecule has 0 atom stereocenters. The predicted octanol–water partition coefficient (Wildman–Crippen LogP) is 3.88. The van der Waals surface area contributed by atoms with Crippen molar-refractivity contribution in [2.75, 3.05) is 19.0 Å². The zero-order valence-electron chi connectivity index (χ0n) is 10.6. The van der Waals surface area contributed by atoms with Crippen LogP contribution in [0.15, 0.2) is 47.9 Å². The summed E-state index contributed by atoms with van der Waals surface area (Å²) >= 11 is 1.85. The molecule has 0 aromatic heterocycles. The van der Waals surface area contributed by atoms with Crippen LogP contribution in [0.3, 0.4) is 0 Å². The van der Waals surface area contributed by atoms with Crippen molar-refractivity contribution in [3.05, 3.63) is 43.0 Å². The van der Waals surface area contributed by atoms with Crippen molar-refractivity contribution >= 4 is 11.8 Å². The molecular formula is C15H20O2S. The molecule has 2 nitrogen and oxygen atoms in total. The maximum absolute atomic E-state index is 5.80. The topological polar surface area (TPSA) is 18.5 Å². The van der Waals surface area contributed by atoms with Gasteiger partial charge in [0.2, 0.25) is 0 Å². The summed E-state index contributed by atoms with van der Waals surface area (Å²) in [5.41, 5.74) is 0. The first-order valence-corrected chi connectivity index (χ1v) is 7.40. The Bertz CT molecular complexity index is 358. The Morgan fingerprint density at radius 3 is 2.56 bits per heavy atom. The van der Waals surface area contributed by atoms with E-state index in [-0.39, 0.29) is 5.79 Å². The van der Waals surface area contributed by atoms with Crippen LogP contribution in [0.4, 0.5) is 0 Å². The molecule has 2 rings (SSSR count). The Morgan fingerprint density at radius 1 is 1.17 bits per heavy atom. The Morgan fingerprint density at radius 2 is 1.89 bits per heavy atom. The smallest absolute Gasteiger partial charge is 0.169 e. The third-order valence-corrected chi connectivity index (χ3v) is 4.05. The number of hydrogen-bond donors (Lipinski definition) is 0. The standard InChI is InChI=1S/C15H20O2S/c1-2-3-9-15(16-11-12-17-15)10-13-18-14-7-5-4-6-8-14/h2,4-8H,1,3,9-13H2. The minimum Gasteiger partial charge on any atom is -0.347 e. The van der Waals surface area contributed by atoms with Crippen LogP contribution >= 0.6 is 11.8 Å². The van der Waals surface area contributed by atoms with Crippen molar-refractivity contribution in [1.29, 1.82) is 0 Å². The first kappa shape index (κ1) is 13.7. The second kappa shape index (κ2) is 6.98. The molecule has 0 unspecified atom stereocenters. The molecule has 1 aromatic carbocycles. The van der Waals surface area contributed by atoms with Crippen LogP contribution in [0, 0.1) is 0 Å². The molecule has 0 amide bonds. The van der Waals surface area contributed by atoms with Crippen molar-refractivity contribution in [2.24, 2.45) is 0 Å². The van der Waals surface area contributed by atoms with Crippen molar-refractivity contribution < 1.29 is 9.47 Å². The maximum Gasteiger partial charge on any atom is 0.169 e. The molecule has 18 heavy (non-hydrogen) atoms. The highest BCUT2D eigenvalue weighted by molar-refractivity contribution is 7.99. The van der Waals surface area contributed by atoms with Gasteiger partial charge in [0.15, 0.2) is 5.79 Å². The van der Waals surface area contributed by atoms with Gasteiger partial charge in [0.05, 0.1) is 13.2 Å². The first-order valence-electron chi connectivity index (χ1n) is 6.41. The van der Waals surface area contributed by atoms with E-state index in [0.29, 0.717) is 13.2 Å². The molecule has 1 heterocycles. The van der Waals surface area contributed by atoms with Crippen LogP contribution in [0.2, 0.25) is 0 Å². The molecule has 0 aliphatic carbocycles. The molecule has 98 valence electrons. The zero-order valence-corrected chi connectivity index (χ0v) is 11.5. The number of thioether (sulfide) groups is 1. The second-order valence-corrected chi connectivity index (χ2v) is 5.51. The SMILES string of the molecule is C=CCCC1(CCSc2ccccc2)OCCO1. The van der Waals surface area contributed by atoms with Crippen molar-refractivity contribution in [2.45, 2.75) is 29.9 Å². The van der Waals surface area contributed by atoms with Gasteiger partial charge in [0.1, 0.15) is 0 Å². The summed E-state index contributed by atoms with van der Waals surface area (Å²) in [4.78, 5) is 1.30. The lowest BCUT2D eigenvalue weighted by molar-refractivity contribution is -0.162. The molecule has 1 saturated heterocycles. The fraction of sp³-hybridized carbons (Fsp3) is 0.467. The highest BCUT2D eigenvalue weighted by Crippen LogP contribution is 2.31. The van der Waals surface area contributed by atoms with Crippen LogP contribution in [-0.4, -0.2) is 24.8 Å². The Kier molecular flexibility index (Phi) is 5.29. The van der Waals surface area contributed by atoms with Crippen molar-refractivity contribution in [3.63, 3.8) is 0 Å². The van der Waals surface area contributed by atoms with E-state index in [0.717, 1.165) is 25.0 Å². The van der Waals surface area contributed by atoms with Crippen LogP contribution in [0.1, 0.15) is 19.3 Å². The normalized spacial score (nSPS) is 17.8. The fourth-order valence-electron chi connectivity index (χ4n) is 2.07. The first-order chi connectivity index (χ1) is 8.85. The molecule has 0 spiro atoms. The Labute approximate surface area is 113 Å². The van der Waals surface area contributed by atoms with Crippen molar-refractivity contribution in [1.82, 2.24) is 0 Å². The maximum atomic E-state index is 5.80. The van der Waals surface area contributed by atoms with E-state index in [1.165, 1.54) is 4.90 Å². The monoisotopic (exact) mass is 264 g/mol. The molecule has 1 aliphatic rings. The lowest BCUT2D eigenvalue weighted by atomic mass is 10.1. The minimum absolute atomic E-state index is 0.365. The summed E-state index contributed by atoms with van der Waals surface area (Å²) in [7, 11) is 0. The third kappa shape index (κ3) is 3.87. The Balaban J connectivity index is 1.81. The minimum atomic E-state index is -0.365. The molecule has 1 fully saturated rings. The molecule has 0 bridgehead atoms. The molecule has 0 radical (unpaired) electrons. The van der Waals surface area contributed by atoms with E-state index in [4.69, 9.17) is 9.47 Å². The van der Waals surface area contributed by atoms with Crippen LogP contribution in [0.5, 0.6) is 0 Å². The average molecular weight is 264 g/mol. The van der Waals surface area contributed by atoms with E-state index >= 15 is 0 Å². The van der Waals surface area contributed by atoms with Gasteiger partial charge in [-0.1, -0.05) is 24.3 Å². The zero-order chi connectivity index (χ0) is 12.7. The van der Waals surface area contributed by atoms with Gasteiger partial charge in [-0.05, 0) is 18.6 Å². The molecule has 1 aromatic rings. The molecule has 1 aliphatic heterocycles. The predicted molar refractivity (Wildman–Crippen MR) is 75.8 cm³/mol. The quantitative estimate of drug-likeness (QED) is 0.550. The van der Waals surface area contributed by atoms with E-state index in [1.54, 1.807) is 0 Å². The van der Waals surface area contributed by atoms with Gasteiger partial charge in [-0.15, -0.1) is 18.3 Å². The number of ether oxygens (including phenoxy) is 2. The third-order valence-electron chi connectivity index (χ3n) is 3.04. The van der Waals surface area contributed by atoms with E-state index in [2.05, 4.69) is 30.8 Å². The average Bonchev–Trinajstić information content (AvgIpc) is 2.87. The molecular weight excluding hydrogens is 244 g/mol. The number of hydrogen-bond acceptors (Lipinski definition) is 3. The summed E-state index contributed by atoms with van der Waals surface area (Å²) in [6.45, 7) is 5.20. The summed E-state index contributed by atoms with van der Waals surface area (Å²) in [5.74, 6) is 0.650. The van der Waals surface area contributed by atoms with Gasteiger partial charge in [0, 0.05) is 23.5 Å². The summed E-state index contributed by atoms with van der Waals surface area (Å²) in [6.07, 6.45) is 4.71. The van der Waals surface area contributed by atoms with Crippen LogP contribution in [0.25, 0.3) is 0 Å². The van der Waals surface area contributed by atoms with E-state index in [1.807, 2.05) is 23.9 Å². The largest absolute Gasteiger partial charge is 0.347 e. The lowest BCUT2D eigenvalue weighted by Crippen LogP contribution is -2.30. The number of benzene rings is 1. The molecule has 0 saturated carbocycles. The number of rotatable bonds is 7. The second-order valence-electron chi connectivity index (χ2n) is 4.35. The van der Waals surface area contributed by atoms with Gasteiger partial charge >= 0.3 is 0 Å². The Hall–Kier alpha value is -0.770. The van der Waals surface area contributed by atoms with Gasteiger partial charge in [-0.2, -0.15) is 0 Å². The van der Waals surface area contributed by atoms with Gasteiger partial charge < -0.3 is 9.47 Å². The summed E-state index contributed by atoms with van der Waals surface area (Å²) in [5, 5.41) is 0. The van der Waals surface area contributed by atoms with Gasteiger partial charge in [-0.3, -0.25) is 0 Å².